The Morgan fingerprint density at radius 2 is 1.18 bits per heavy atom. The highest BCUT2D eigenvalue weighted by molar-refractivity contribution is 5.67. The summed E-state index contributed by atoms with van der Waals surface area (Å²) in [6.45, 7) is 20.1. The summed E-state index contributed by atoms with van der Waals surface area (Å²) in [4.78, 5) is 23.8. The van der Waals surface area contributed by atoms with Crippen LogP contribution in [0, 0.1) is 5.41 Å². The second kappa shape index (κ2) is 9.52. The number of hydrogen-bond donors (Lipinski definition) is 0. The van der Waals surface area contributed by atoms with Gasteiger partial charge in [-0.15, -0.1) is 0 Å². The predicted molar refractivity (Wildman–Crippen MR) is 154 cm³/mol. The van der Waals surface area contributed by atoms with Gasteiger partial charge in [-0.1, -0.05) is 53.7 Å². The molecule has 0 saturated carbocycles. The average Bonchev–Trinajstić information content (AvgIpc) is 3.07. The molecule has 0 N–H and O–H groups in total. The first-order valence-corrected chi connectivity index (χ1v) is 14.1. The Morgan fingerprint density at radius 1 is 0.641 bits per heavy atom. The van der Waals surface area contributed by atoms with Gasteiger partial charge in [0.1, 0.15) is 0 Å². The van der Waals surface area contributed by atoms with Crippen molar-refractivity contribution in [2.24, 2.45) is 5.41 Å². The molecule has 8 heteroatoms. The summed E-state index contributed by atoms with van der Waals surface area (Å²) in [5.74, 6) is 2.03. The first kappa shape index (κ1) is 26.1. The van der Waals surface area contributed by atoms with Gasteiger partial charge in [0, 0.05) is 43.5 Å². The molecular weight excluding hydrogens is 488 g/mol. The molecule has 1 aromatic carbocycles. The third kappa shape index (κ3) is 4.28. The standard InChI is InChI=1S/C31H40N6O2/c1-29(2)23-9-7-21(19-24(23)30(3,4)31(29,5)6)25-10-8-22(20-32-25)26-33-27(36-11-15-38-16-12-36)35-28(34-26)37-13-17-39-18-14-37/h7-10,19-20H,11-18H2,1-6H3. The zero-order valence-electron chi connectivity index (χ0n) is 24.1. The number of benzene rings is 1. The van der Waals surface area contributed by atoms with E-state index in [2.05, 4.69) is 81.7 Å². The number of pyridine rings is 1. The van der Waals surface area contributed by atoms with Crippen LogP contribution in [0.15, 0.2) is 36.5 Å². The minimum Gasteiger partial charge on any atom is -0.378 e. The molecular formula is C31H40N6O2. The van der Waals surface area contributed by atoms with Crippen molar-refractivity contribution < 1.29 is 9.47 Å². The third-order valence-electron chi connectivity index (χ3n) is 10.0. The lowest BCUT2D eigenvalue weighted by atomic mass is 9.59. The van der Waals surface area contributed by atoms with Gasteiger partial charge in [-0.3, -0.25) is 4.98 Å². The maximum absolute atomic E-state index is 5.55. The number of nitrogens with zero attached hydrogens (tertiary/aromatic N) is 6. The number of ether oxygens (including phenoxy) is 2. The topological polar surface area (TPSA) is 76.5 Å². The highest BCUT2D eigenvalue weighted by atomic mass is 16.5. The number of anilines is 2. The van der Waals surface area contributed by atoms with Crippen molar-refractivity contribution in [1.29, 1.82) is 0 Å². The largest absolute Gasteiger partial charge is 0.378 e. The summed E-state index contributed by atoms with van der Waals surface area (Å²) in [6.07, 6.45) is 1.89. The molecule has 2 saturated heterocycles. The van der Waals surface area contributed by atoms with E-state index in [9.17, 15) is 0 Å². The van der Waals surface area contributed by atoms with Gasteiger partial charge < -0.3 is 19.3 Å². The maximum atomic E-state index is 5.55. The molecule has 3 aliphatic rings. The fourth-order valence-electron chi connectivity index (χ4n) is 6.21. The van der Waals surface area contributed by atoms with Crippen LogP contribution < -0.4 is 9.80 Å². The molecule has 0 unspecified atom stereocenters. The summed E-state index contributed by atoms with van der Waals surface area (Å²) in [6, 6.07) is 11.0. The van der Waals surface area contributed by atoms with Crippen molar-refractivity contribution >= 4 is 11.9 Å². The monoisotopic (exact) mass is 528 g/mol. The minimum atomic E-state index is 0.0540. The van der Waals surface area contributed by atoms with E-state index in [1.54, 1.807) is 0 Å². The fraction of sp³-hybridized carbons (Fsp3) is 0.548. The molecule has 6 rings (SSSR count). The van der Waals surface area contributed by atoms with Gasteiger partial charge in [0.2, 0.25) is 11.9 Å². The minimum absolute atomic E-state index is 0.0540. The van der Waals surface area contributed by atoms with Crippen LogP contribution in [0.5, 0.6) is 0 Å². The highest BCUT2D eigenvalue weighted by Gasteiger charge is 2.56. The van der Waals surface area contributed by atoms with Crippen LogP contribution in [0.1, 0.15) is 52.7 Å². The van der Waals surface area contributed by atoms with Gasteiger partial charge in [-0.25, -0.2) is 0 Å². The summed E-state index contributed by atoms with van der Waals surface area (Å²) in [7, 11) is 0. The SMILES string of the molecule is CC1(C)c2ccc(-c3ccc(-c4nc(N5CCOCC5)nc(N5CCOCC5)n4)cn3)cc2C(C)(C)C1(C)C. The number of rotatable bonds is 4. The van der Waals surface area contributed by atoms with Crippen molar-refractivity contribution in [3.63, 3.8) is 0 Å². The lowest BCUT2D eigenvalue weighted by Gasteiger charge is -2.44. The lowest BCUT2D eigenvalue weighted by molar-refractivity contribution is 0.121. The number of aromatic nitrogens is 4. The fourth-order valence-corrected chi connectivity index (χ4v) is 6.21. The van der Waals surface area contributed by atoms with E-state index in [1.807, 2.05) is 6.20 Å². The summed E-state index contributed by atoms with van der Waals surface area (Å²) >= 11 is 0. The molecule has 2 aliphatic heterocycles. The molecule has 2 aromatic heterocycles. The van der Waals surface area contributed by atoms with E-state index in [1.165, 1.54) is 11.1 Å². The van der Waals surface area contributed by atoms with Crippen molar-refractivity contribution in [2.75, 3.05) is 62.4 Å². The molecule has 0 atom stereocenters. The maximum Gasteiger partial charge on any atom is 0.230 e. The van der Waals surface area contributed by atoms with Crippen LogP contribution >= 0.6 is 0 Å². The van der Waals surface area contributed by atoms with Crippen LogP contribution in [-0.2, 0) is 20.3 Å². The van der Waals surface area contributed by atoms with Gasteiger partial charge in [0.15, 0.2) is 5.82 Å². The Morgan fingerprint density at radius 3 is 1.72 bits per heavy atom. The molecule has 3 aromatic rings. The van der Waals surface area contributed by atoms with E-state index in [-0.39, 0.29) is 16.2 Å². The second-order valence-corrected chi connectivity index (χ2v) is 12.5. The number of hydrogen-bond acceptors (Lipinski definition) is 8. The van der Waals surface area contributed by atoms with Crippen LogP contribution in [-0.4, -0.2) is 72.5 Å². The van der Waals surface area contributed by atoms with Crippen LogP contribution in [0.4, 0.5) is 11.9 Å². The molecule has 0 radical (unpaired) electrons. The third-order valence-corrected chi connectivity index (χ3v) is 10.0. The van der Waals surface area contributed by atoms with Crippen molar-refractivity contribution in [1.82, 2.24) is 19.9 Å². The van der Waals surface area contributed by atoms with Crippen molar-refractivity contribution in [3.8, 4) is 22.6 Å². The zero-order valence-corrected chi connectivity index (χ0v) is 24.1. The average molecular weight is 529 g/mol. The Hall–Kier alpha value is -3.10. The summed E-state index contributed by atoms with van der Waals surface area (Å²) in [5, 5.41) is 0. The first-order chi connectivity index (χ1) is 18.6. The molecule has 39 heavy (non-hydrogen) atoms. The molecule has 206 valence electrons. The highest BCUT2D eigenvalue weighted by Crippen LogP contribution is 2.61. The molecule has 0 spiro atoms. The Balaban J connectivity index is 1.34. The van der Waals surface area contributed by atoms with Crippen LogP contribution in [0.2, 0.25) is 0 Å². The molecule has 8 nitrogen and oxygen atoms in total. The quantitative estimate of drug-likeness (QED) is 0.475. The van der Waals surface area contributed by atoms with Crippen LogP contribution in [0.3, 0.4) is 0 Å². The van der Waals surface area contributed by atoms with Gasteiger partial charge >= 0.3 is 0 Å². The normalized spacial score (nSPS) is 21.6. The summed E-state index contributed by atoms with van der Waals surface area (Å²) in [5.41, 5.74) is 6.12. The van der Waals surface area contributed by atoms with Gasteiger partial charge in [-0.2, -0.15) is 15.0 Å². The smallest absolute Gasteiger partial charge is 0.230 e. The van der Waals surface area contributed by atoms with E-state index in [4.69, 9.17) is 29.4 Å². The van der Waals surface area contributed by atoms with Crippen molar-refractivity contribution in [2.45, 2.75) is 52.4 Å². The van der Waals surface area contributed by atoms with E-state index in [0.29, 0.717) is 44.1 Å². The Kier molecular flexibility index (Phi) is 6.38. The van der Waals surface area contributed by atoms with Crippen LogP contribution in [0.25, 0.3) is 22.6 Å². The van der Waals surface area contributed by atoms with E-state index >= 15 is 0 Å². The predicted octanol–water partition coefficient (Wildman–Crippen LogP) is 4.87. The van der Waals surface area contributed by atoms with E-state index in [0.717, 1.165) is 43.0 Å². The molecule has 0 amide bonds. The molecule has 2 fully saturated rings. The number of morpholine rings is 2. The lowest BCUT2D eigenvalue weighted by Crippen LogP contribution is -2.42. The first-order valence-electron chi connectivity index (χ1n) is 14.1. The van der Waals surface area contributed by atoms with Gasteiger partial charge in [0.25, 0.3) is 0 Å². The van der Waals surface area contributed by atoms with E-state index < -0.39 is 0 Å². The molecule has 1 aliphatic carbocycles. The summed E-state index contributed by atoms with van der Waals surface area (Å²) < 4.78 is 11.1. The molecule has 4 heterocycles. The molecule has 0 bridgehead atoms. The van der Waals surface area contributed by atoms with Gasteiger partial charge in [-0.05, 0) is 45.6 Å². The van der Waals surface area contributed by atoms with Gasteiger partial charge in [0.05, 0.1) is 32.1 Å². The van der Waals surface area contributed by atoms with Crippen molar-refractivity contribution in [3.05, 3.63) is 47.7 Å². The zero-order chi connectivity index (χ0) is 27.4. The number of fused-ring (bicyclic) bond motifs is 1. The Bertz CT molecular complexity index is 1320. The second-order valence-electron chi connectivity index (χ2n) is 12.5. The Labute approximate surface area is 231 Å².